The average molecular weight is 264 g/mol. The summed E-state index contributed by atoms with van der Waals surface area (Å²) in [7, 11) is -4.13. The molecule has 1 aromatic rings. The quantitative estimate of drug-likeness (QED) is 0.574. The zero-order valence-corrected chi connectivity index (χ0v) is 9.28. The number of nitro benzene ring substituents is 1. The number of hydrogen-bond acceptors (Lipinski definition) is 5. The molecule has 0 radical (unpaired) electrons. The van der Waals surface area contributed by atoms with Gasteiger partial charge in [0.25, 0.3) is 5.69 Å². The highest BCUT2D eigenvalue weighted by Crippen LogP contribution is 2.24. The van der Waals surface area contributed by atoms with Crippen molar-refractivity contribution in [2.75, 3.05) is 13.2 Å². The second kappa shape index (κ2) is 5.17. The molecule has 0 saturated heterocycles. The Hall–Kier alpha value is -1.58. The minimum atomic E-state index is -4.13. The number of nitro groups is 1. The monoisotopic (exact) mass is 264 g/mol. The fourth-order valence-electron chi connectivity index (χ4n) is 1.12. The van der Waals surface area contributed by atoms with Gasteiger partial charge in [-0.2, -0.15) is 0 Å². The topological polar surface area (TPSA) is 110 Å². The van der Waals surface area contributed by atoms with E-state index in [1.165, 1.54) is 0 Å². The highest BCUT2D eigenvalue weighted by atomic mass is 32.2. The standard InChI is InChI=1S/C8H9FN2O5S/c9-6-1-2-8(7(5-6)11(13)14)17(15,16)10-3-4-12/h1-2,5,10,12H,3-4H2. The highest BCUT2D eigenvalue weighted by molar-refractivity contribution is 7.89. The van der Waals surface area contributed by atoms with Crippen LogP contribution < -0.4 is 4.72 Å². The smallest absolute Gasteiger partial charge is 0.292 e. The van der Waals surface area contributed by atoms with Crippen LogP contribution in [-0.2, 0) is 10.0 Å². The SMILES string of the molecule is O=[N+]([O-])c1cc(F)ccc1S(=O)(=O)NCCO. The van der Waals surface area contributed by atoms with Crippen molar-refractivity contribution in [3.8, 4) is 0 Å². The van der Waals surface area contributed by atoms with Crippen molar-refractivity contribution in [3.63, 3.8) is 0 Å². The first-order chi connectivity index (χ1) is 7.88. The molecule has 17 heavy (non-hydrogen) atoms. The number of benzene rings is 1. The lowest BCUT2D eigenvalue weighted by atomic mass is 10.3. The minimum Gasteiger partial charge on any atom is -0.395 e. The Bertz CT molecular complexity index is 531. The number of rotatable bonds is 5. The summed E-state index contributed by atoms with van der Waals surface area (Å²) in [6.07, 6.45) is 0. The molecule has 0 heterocycles. The number of halogens is 1. The maximum absolute atomic E-state index is 12.8. The predicted molar refractivity (Wildman–Crippen MR) is 55.3 cm³/mol. The van der Waals surface area contributed by atoms with Crippen LogP contribution in [0.3, 0.4) is 0 Å². The fraction of sp³-hybridized carbons (Fsp3) is 0.250. The van der Waals surface area contributed by atoms with E-state index < -0.39 is 38.0 Å². The van der Waals surface area contributed by atoms with Crippen LogP contribution in [-0.4, -0.2) is 31.6 Å². The molecule has 1 aromatic carbocycles. The van der Waals surface area contributed by atoms with E-state index in [1.54, 1.807) is 0 Å². The number of aliphatic hydroxyl groups is 1. The fourth-order valence-corrected chi connectivity index (χ4v) is 2.29. The molecule has 94 valence electrons. The number of hydrogen-bond donors (Lipinski definition) is 2. The Labute approximate surface area is 96.1 Å². The molecule has 0 aliphatic heterocycles. The van der Waals surface area contributed by atoms with Gasteiger partial charge in [0.05, 0.1) is 17.6 Å². The van der Waals surface area contributed by atoms with Gasteiger partial charge < -0.3 is 5.11 Å². The molecule has 0 aliphatic rings. The lowest BCUT2D eigenvalue weighted by Gasteiger charge is -2.05. The summed E-state index contributed by atoms with van der Waals surface area (Å²) in [6, 6.07) is 2.13. The van der Waals surface area contributed by atoms with Crippen LogP contribution in [0, 0.1) is 15.9 Å². The molecule has 0 bridgehead atoms. The summed E-state index contributed by atoms with van der Waals surface area (Å²) in [5.74, 6) is -0.905. The molecule has 0 unspecified atom stereocenters. The van der Waals surface area contributed by atoms with Crippen molar-refractivity contribution in [1.29, 1.82) is 0 Å². The van der Waals surface area contributed by atoms with Crippen molar-refractivity contribution in [2.24, 2.45) is 0 Å². The highest BCUT2D eigenvalue weighted by Gasteiger charge is 2.25. The first-order valence-corrected chi connectivity index (χ1v) is 5.91. The van der Waals surface area contributed by atoms with Crippen LogP contribution >= 0.6 is 0 Å². The van der Waals surface area contributed by atoms with Crippen LogP contribution in [0.25, 0.3) is 0 Å². The molecule has 0 saturated carbocycles. The summed E-state index contributed by atoms with van der Waals surface area (Å²) in [4.78, 5) is 8.96. The summed E-state index contributed by atoms with van der Waals surface area (Å²) in [5, 5.41) is 19.1. The van der Waals surface area contributed by atoms with Gasteiger partial charge in [-0.25, -0.2) is 17.5 Å². The van der Waals surface area contributed by atoms with Crippen LogP contribution in [0.5, 0.6) is 0 Å². The van der Waals surface area contributed by atoms with Gasteiger partial charge in [-0.3, -0.25) is 10.1 Å². The molecular weight excluding hydrogens is 255 g/mol. The summed E-state index contributed by atoms with van der Waals surface area (Å²) in [5.41, 5.74) is -0.851. The van der Waals surface area contributed by atoms with E-state index in [9.17, 15) is 22.9 Å². The molecule has 0 atom stereocenters. The van der Waals surface area contributed by atoms with E-state index in [0.717, 1.165) is 12.1 Å². The van der Waals surface area contributed by atoms with E-state index in [0.29, 0.717) is 6.07 Å². The van der Waals surface area contributed by atoms with Crippen molar-refractivity contribution in [3.05, 3.63) is 34.1 Å². The Balaban J connectivity index is 3.26. The second-order valence-corrected chi connectivity index (χ2v) is 4.73. The molecule has 0 aliphatic carbocycles. The minimum absolute atomic E-state index is 0.281. The van der Waals surface area contributed by atoms with Crippen molar-refractivity contribution in [2.45, 2.75) is 4.90 Å². The molecule has 7 nitrogen and oxygen atoms in total. The molecule has 0 amide bonds. The predicted octanol–water partition coefficient (Wildman–Crippen LogP) is 0.00450. The first-order valence-electron chi connectivity index (χ1n) is 4.43. The van der Waals surface area contributed by atoms with Crippen molar-refractivity contribution >= 4 is 15.7 Å². The third kappa shape index (κ3) is 3.19. The van der Waals surface area contributed by atoms with Gasteiger partial charge in [-0.1, -0.05) is 0 Å². The van der Waals surface area contributed by atoms with E-state index >= 15 is 0 Å². The maximum Gasteiger partial charge on any atom is 0.292 e. The summed E-state index contributed by atoms with van der Waals surface area (Å²) < 4.78 is 37.9. The second-order valence-electron chi connectivity index (χ2n) is 2.99. The van der Waals surface area contributed by atoms with Crippen LogP contribution in [0.4, 0.5) is 10.1 Å². The van der Waals surface area contributed by atoms with E-state index in [-0.39, 0.29) is 6.54 Å². The van der Waals surface area contributed by atoms with Crippen LogP contribution in [0.2, 0.25) is 0 Å². The van der Waals surface area contributed by atoms with E-state index in [1.807, 2.05) is 4.72 Å². The zero-order valence-electron chi connectivity index (χ0n) is 8.46. The summed E-state index contributed by atoms with van der Waals surface area (Å²) >= 11 is 0. The number of aliphatic hydroxyl groups excluding tert-OH is 1. The molecule has 0 aromatic heterocycles. The first kappa shape index (κ1) is 13.5. The largest absolute Gasteiger partial charge is 0.395 e. The molecule has 0 fully saturated rings. The van der Waals surface area contributed by atoms with Gasteiger partial charge in [-0.15, -0.1) is 0 Å². The van der Waals surface area contributed by atoms with Gasteiger partial charge in [0.2, 0.25) is 10.0 Å². The average Bonchev–Trinajstić information content (AvgIpc) is 2.26. The third-order valence-electron chi connectivity index (χ3n) is 1.81. The summed E-state index contributed by atoms with van der Waals surface area (Å²) in [6.45, 7) is -0.731. The molecular formula is C8H9FN2O5S. The van der Waals surface area contributed by atoms with E-state index in [2.05, 4.69) is 0 Å². The van der Waals surface area contributed by atoms with Crippen LogP contribution in [0.1, 0.15) is 0 Å². The van der Waals surface area contributed by atoms with Gasteiger partial charge in [0.1, 0.15) is 5.82 Å². The molecule has 0 spiro atoms. The zero-order chi connectivity index (χ0) is 13.1. The Morgan fingerprint density at radius 1 is 1.47 bits per heavy atom. The normalized spacial score (nSPS) is 11.4. The van der Waals surface area contributed by atoms with Crippen molar-refractivity contribution < 1.29 is 22.8 Å². The van der Waals surface area contributed by atoms with E-state index in [4.69, 9.17) is 5.11 Å². The van der Waals surface area contributed by atoms with Crippen LogP contribution in [0.15, 0.2) is 23.1 Å². The number of nitrogens with zero attached hydrogens (tertiary/aromatic N) is 1. The lowest BCUT2D eigenvalue weighted by molar-refractivity contribution is -0.388. The Morgan fingerprint density at radius 2 is 2.12 bits per heavy atom. The third-order valence-corrected chi connectivity index (χ3v) is 3.32. The van der Waals surface area contributed by atoms with Gasteiger partial charge in [-0.05, 0) is 12.1 Å². The molecule has 1 rings (SSSR count). The van der Waals surface area contributed by atoms with Gasteiger partial charge in [0, 0.05) is 6.54 Å². The maximum atomic E-state index is 12.8. The van der Waals surface area contributed by atoms with Crippen molar-refractivity contribution in [1.82, 2.24) is 4.72 Å². The Morgan fingerprint density at radius 3 is 2.65 bits per heavy atom. The number of nitrogens with one attached hydrogen (secondary N) is 1. The molecule has 9 heteroatoms. The van der Waals surface area contributed by atoms with Gasteiger partial charge >= 0.3 is 0 Å². The van der Waals surface area contributed by atoms with Gasteiger partial charge in [0.15, 0.2) is 4.90 Å². The lowest BCUT2D eigenvalue weighted by Crippen LogP contribution is -2.27. The number of sulfonamides is 1. The molecule has 2 N–H and O–H groups in total. The Kier molecular flexibility index (Phi) is 4.10.